The first-order valence-electron chi connectivity index (χ1n) is 9.89. The highest BCUT2D eigenvalue weighted by molar-refractivity contribution is 6.13. The molecule has 0 atom stereocenters. The maximum Gasteiger partial charge on any atom is 0.295 e. The number of nitrogens with zero attached hydrogens (tertiary/aromatic N) is 5. The van der Waals surface area contributed by atoms with Gasteiger partial charge in [0.1, 0.15) is 5.56 Å². The van der Waals surface area contributed by atoms with E-state index in [2.05, 4.69) is 15.3 Å². The maximum absolute atomic E-state index is 13.0. The number of nitro groups is 2. The zero-order valence-corrected chi connectivity index (χ0v) is 17.4. The van der Waals surface area contributed by atoms with Gasteiger partial charge in [-0.1, -0.05) is 30.3 Å². The van der Waals surface area contributed by atoms with Gasteiger partial charge in [-0.05, 0) is 35.9 Å². The number of hydrogen-bond donors (Lipinski definition) is 1. The van der Waals surface area contributed by atoms with E-state index in [9.17, 15) is 25.0 Å². The topological polar surface area (TPSA) is 144 Å². The second-order valence-corrected chi connectivity index (χ2v) is 6.94. The molecule has 0 bridgehead atoms. The Morgan fingerprint density at radius 2 is 1.56 bits per heavy atom. The highest BCUT2D eigenvalue weighted by atomic mass is 16.6. The van der Waals surface area contributed by atoms with Gasteiger partial charge in [0, 0.05) is 30.3 Å². The summed E-state index contributed by atoms with van der Waals surface area (Å²) in [6.45, 7) is 0. The smallest absolute Gasteiger partial charge is 0.291 e. The number of nitro benzene ring substituents is 1. The van der Waals surface area contributed by atoms with Crippen LogP contribution in [0.1, 0.15) is 15.9 Å². The van der Waals surface area contributed by atoms with Crippen LogP contribution in [0.5, 0.6) is 0 Å². The summed E-state index contributed by atoms with van der Waals surface area (Å²) in [4.78, 5) is 44.7. The number of guanidine groups is 1. The van der Waals surface area contributed by atoms with Gasteiger partial charge in [0.15, 0.2) is 0 Å². The monoisotopic (exact) mass is 456 g/mol. The van der Waals surface area contributed by atoms with Crippen molar-refractivity contribution in [3.8, 4) is 0 Å². The van der Waals surface area contributed by atoms with Crippen molar-refractivity contribution in [3.63, 3.8) is 0 Å². The summed E-state index contributed by atoms with van der Waals surface area (Å²) in [5.41, 5.74) is 0.352. The van der Waals surface area contributed by atoms with E-state index in [0.29, 0.717) is 11.3 Å². The molecule has 11 heteroatoms. The molecule has 168 valence electrons. The predicted molar refractivity (Wildman–Crippen MR) is 124 cm³/mol. The van der Waals surface area contributed by atoms with Crippen LogP contribution in [0.4, 0.5) is 11.4 Å². The number of allylic oxidation sites excluding steroid dienone is 1. The summed E-state index contributed by atoms with van der Waals surface area (Å²) in [5.74, 6) is -0.860. The number of para-hydroxylation sites is 2. The average Bonchev–Trinajstić information content (AvgIpc) is 3.05. The lowest BCUT2D eigenvalue weighted by Crippen LogP contribution is -2.42. The largest absolute Gasteiger partial charge is 0.295 e. The Balaban J connectivity index is 1.83. The lowest BCUT2D eigenvalue weighted by atomic mass is 10.1. The summed E-state index contributed by atoms with van der Waals surface area (Å²) in [5, 5.41) is 25.9. The molecule has 0 spiro atoms. The van der Waals surface area contributed by atoms with Crippen molar-refractivity contribution >= 4 is 28.8 Å². The third-order valence-electron chi connectivity index (χ3n) is 4.86. The molecule has 1 N–H and O–H groups in total. The van der Waals surface area contributed by atoms with Crippen molar-refractivity contribution in [2.24, 2.45) is 4.99 Å². The number of anilines is 1. The number of nitrogens with one attached hydrogen (secondary N) is 1. The Hall–Kier alpha value is -5.19. The van der Waals surface area contributed by atoms with Crippen LogP contribution in [-0.2, 0) is 0 Å². The molecule has 3 aromatic rings. The van der Waals surface area contributed by atoms with E-state index in [1.807, 2.05) is 0 Å². The van der Waals surface area contributed by atoms with Gasteiger partial charge in [0.2, 0.25) is 5.96 Å². The van der Waals surface area contributed by atoms with Crippen LogP contribution in [0.2, 0.25) is 0 Å². The molecule has 0 saturated carbocycles. The maximum atomic E-state index is 13.0. The normalized spacial score (nSPS) is 13.2. The summed E-state index contributed by atoms with van der Waals surface area (Å²) in [6.07, 6.45) is 5.50. The van der Waals surface area contributed by atoms with Gasteiger partial charge in [0.05, 0.1) is 21.6 Å². The van der Waals surface area contributed by atoms with Gasteiger partial charge in [-0.25, -0.2) is 4.99 Å². The zero-order valence-electron chi connectivity index (χ0n) is 17.4. The molecule has 2 heterocycles. The second-order valence-electron chi connectivity index (χ2n) is 6.94. The highest BCUT2D eigenvalue weighted by Gasteiger charge is 2.28. The molecule has 0 saturated heterocycles. The van der Waals surface area contributed by atoms with Crippen molar-refractivity contribution in [2.75, 3.05) is 4.90 Å². The summed E-state index contributed by atoms with van der Waals surface area (Å²) in [7, 11) is 0. The van der Waals surface area contributed by atoms with Crippen LogP contribution >= 0.6 is 0 Å². The number of benzene rings is 2. The minimum absolute atomic E-state index is 0.0715. The molecule has 0 unspecified atom stereocenters. The van der Waals surface area contributed by atoms with Crippen LogP contribution in [0.3, 0.4) is 0 Å². The number of hydrogen-bond acceptors (Lipinski definition) is 8. The summed E-state index contributed by atoms with van der Waals surface area (Å²) >= 11 is 0. The number of amides is 1. The first kappa shape index (κ1) is 22.0. The van der Waals surface area contributed by atoms with E-state index < -0.39 is 15.8 Å². The number of pyridine rings is 1. The molecule has 1 aliphatic rings. The van der Waals surface area contributed by atoms with Crippen molar-refractivity contribution in [3.05, 3.63) is 129 Å². The standard InChI is InChI=1S/C23H16N6O5/c30-22(18-8-4-5-9-20(18)28(31)32)26-23-25-14-19(16-10-12-24-13-11-16)21(29(33)34)15-27(23)17-6-2-1-3-7-17/h1-15H,(H,25,26,30). The fraction of sp³-hybridized carbons (Fsp3) is 0. The molecule has 0 aliphatic carbocycles. The Kier molecular flexibility index (Phi) is 6.17. The summed E-state index contributed by atoms with van der Waals surface area (Å²) < 4.78 is 0. The van der Waals surface area contributed by atoms with Crippen LogP contribution in [0.25, 0.3) is 5.57 Å². The summed E-state index contributed by atoms with van der Waals surface area (Å²) in [6, 6.07) is 17.2. The van der Waals surface area contributed by atoms with E-state index in [-0.39, 0.29) is 28.5 Å². The predicted octanol–water partition coefficient (Wildman–Crippen LogP) is 3.76. The Labute approximate surface area is 192 Å². The molecule has 1 amide bonds. The lowest BCUT2D eigenvalue weighted by Gasteiger charge is -2.21. The zero-order chi connectivity index (χ0) is 24.1. The second kappa shape index (κ2) is 9.53. The first-order valence-corrected chi connectivity index (χ1v) is 9.89. The number of carbonyl (C=O) groups is 1. The fourth-order valence-corrected chi connectivity index (χ4v) is 3.28. The Bertz CT molecular complexity index is 1350. The molecule has 2 aromatic carbocycles. The third kappa shape index (κ3) is 4.53. The Morgan fingerprint density at radius 3 is 2.24 bits per heavy atom. The molecule has 11 nitrogen and oxygen atoms in total. The molecule has 34 heavy (non-hydrogen) atoms. The molecule has 0 radical (unpaired) electrons. The van der Waals surface area contributed by atoms with Gasteiger partial charge in [0.25, 0.3) is 17.3 Å². The van der Waals surface area contributed by atoms with Gasteiger partial charge in [-0.15, -0.1) is 0 Å². The van der Waals surface area contributed by atoms with E-state index in [1.165, 1.54) is 54.0 Å². The number of carbonyl (C=O) groups excluding carboxylic acids is 1. The lowest BCUT2D eigenvalue weighted by molar-refractivity contribution is -0.417. The first-order chi connectivity index (χ1) is 16.5. The number of aliphatic imine (C=N–C) groups is 1. The van der Waals surface area contributed by atoms with E-state index >= 15 is 0 Å². The Morgan fingerprint density at radius 1 is 0.882 bits per heavy atom. The third-order valence-corrected chi connectivity index (χ3v) is 4.86. The molecular formula is C23H16N6O5. The van der Waals surface area contributed by atoms with Crippen molar-refractivity contribution in [1.29, 1.82) is 0 Å². The number of rotatable bonds is 5. The van der Waals surface area contributed by atoms with Gasteiger partial charge >= 0.3 is 0 Å². The van der Waals surface area contributed by atoms with Crippen LogP contribution < -0.4 is 10.2 Å². The van der Waals surface area contributed by atoms with Crippen LogP contribution in [0.15, 0.2) is 102 Å². The van der Waals surface area contributed by atoms with Gasteiger partial charge < -0.3 is 0 Å². The highest BCUT2D eigenvalue weighted by Crippen LogP contribution is 2.28. The quantitative estimate of drug-likeness (QED) is 0.455. The van der Waals surface area contributed by atoms with E-state index in [4.69, 9.17) is 0 Å². The molecule has 0 fully saturated rings. The molecule has 4 rings (SSSR count). The van der Waals surface area contributed by atoms with Crippen molar-refractivity contribution < 1.29 is 14.6 Å². The van der Waals surface area contributed by atoms with Crippen LogP contribution in [0, 0.1) is 20.2 Å². The molecule has 1 aromatic heterocycles. The van der Waals surface area contributed by atoms with Crippen LogP contribution in [-0.4, -0.2) is 26.7 Å². The minimum atomic E-state index is -0.788. The van der Waals surface area contributed by atoms with Crippen molar-refractivity contribution in [1.82, 2.24) is 10.3 Å². The van der Waals surface area contributed by atoms with Gasteiger partial charge in [-0.2, -0.15) is 0 Å². The van der Waals surface area contributed by atoms with Gasteiger partial charge in [-0.3, -0.25) is 40.2 Å². The van der Waals surface area contributed by atoms with Crippen molar-refractivity contribution in [2.45, 2.75) is 0 Å². The number of aromatic nitrogens is 1. The minimum Gasteiger partial charge on any atom is -0.291 e. The average molecular weight is 456 g/mol. The fourth-order valence-electron chi connectivity index (χ4n) is 3.28. The van der Waals surface area contributed by atoms with E-state index in [0.717, 1.165) is 0 Å². The molecule has 1 aliphatic heterocycles. The molecular weight excluding hydrogens is 440 g/mol. The SMILES string of the molecule is O=C(NC1=NC=C(c2ccncc2)C([N+](=O)[O-])=CN1c1ccccc1)c1ccccc1[N+](=O)[O-]. The van der Waals surface area contributed by atoms with E-state index in [1.54, 1.807) is 42.5 Å².